The summed E-state index contributed by atoms with van der Waals surface area (Å²) in [6.45, 7) is 7.68. The highest BCUT2D eigenvalue weighted by Gasteiger charge is 2.55. The molecule has 2 aromatic rings. The molecule has 4 atom stereocenters. The van der Waals surface area contributed by atoms with E-state index in [1.165, 1.54) is 12.8 Å². The van der Waals surface area contributed by atoms with Crippen LogP contribution in [0.2, 0.25) is 0 Å². The molecule has 1 N–H and O–H groups in total. The quantitative estimate of drug-likeness (QED) is 0.850. The molecule has 25 heavy (non-hydrogen) atoms. The molecule has 8 nitrogen and oxygen atoms in total. The van der Waals surface area contributed by atoms with E-state index in [0.29, 0.717) is 6.04 Å². The van der Waals surface area contributed by atoms with Gasteiger partial charge in [-0.05, 0) is 26.7 Å². The van der Waals surface area contributed by atoms with Gasteiger partial charge in [0.1, 0.15) is 24.6 Å². The lowest BCUT2D eigenvalue weighted by atomic mass is 10.1. The van der Waals surface area contributed by atoms with E-state index in [0.717, 1.165) is 17.0 Å². The van der Waals surface area contributed by atoms with Gasteiger partial charge < -0.3 is 19.5 Å². The van der Waals surface area contributed by atoms with Gasteiger partial charge in [0.15, 0.2) is 29.0 Å². The van der Waals surface area contributed by atoms with E-state index >= 15 is 0 Å². The first kappa shape index (κ1) is 15.2. The molecule has 132 valence electrons. The van der Waals surface area contributed by atoms with Gasteiger partial charge in [0, 0.05) is 6.04 Å². The van der Waals surface area contributed by atoms with Gasteiger partial charge in [-0.2, -0.15) is 0 Å². The summed E-state index contributed by atoms with van der Waals surface area (Å²) in [5.41, 5.74) is 1.47. The Morgan fingerprint density at radius 3 is 2.80 bits per heavy atom. The van der Waals surface area contributed by atoms with Crippen LogP contribution in [-0.4, -0.2) is 49.7 Å². The number of nitrogens with one attached hydrogen (secondary N) is 1. The summed E-state index contributed by atoms with van der Waals surface area (Å²) in [7, 11) is 0. The number of hydrogen-bond donors (Lipinski definition) is 1. The van der Waals surface area contributed by atoms with Gasteiger partial charge in [0.2, 0.25) is 0 Å². The summed E-state index contributed by atoms with van der Waals surface area (Å²) in [5, 5.41) is 3.40. The monoisotopic (exact) mass is 343 g/mol. The predicted molar refractivity (Wildman–Crippen MR) is 89.9 cm³/mol. The first-order chi connectivity index (χ1) is 12.1. The Balaban J connectivity index is 1.53. The molecular weight excluding hydrogens is 322 g/mol. The predicted octanol–water partition coefficient (Wildman–Crippen LogP) is 2.00. The number of nitrogens with zero attached hydrogens (tertiary/aromatic N) is 4. The number of rotatable bonds is 4. The maximum atomic E-state index is 6.13. The molecule has 4 heterocycles. The highest BCUT2D eigenvalue weighted by molar-refractivity contribution is 5.83. The van der Waals surface area contributed by atoms with Crippen LogP contribution < -0.4 is 5.32 Å². The molecule has 5 rings (SSSR count). The SMILES string of the molecule is C=C[C@H]1O[C@@H](n2cnc3c(NC4CC4)ncnc32)[C@@H]2OC(C)(C)O[C@@H]21. The number of anilines is 1. The molecule has 1 aliphatic carbocycles. The van der Waals surface area contributed by atoms with E-state index in [-0.39, 0.29) is 24.5 Å². The van der Waals surface area contributed by atoms with Crippen molar-refractivity contribution in [2.45, 2.75) is 63.1 Å². The van der Waals surface area contributed by atoms with Crippen molar-refractivity contribution in [3.8, 4) is 0 Å². The third-order valence-electron chi connectivity index (χ3n) is 4.85. The zero-order valence-corrected chi connectivity index (χ0v) is 14.3. The Bertz CT molecular complexity index is 831. The van der Waals surface area contributed by atoms with Crippen molar-refractivity contribution >= 4 is 17.0 Å². The van der Waals surface area contributed by atoms with Gasteiger partial charge in [-0.25, -0.2) is 15.0 Å². The number of aromatic nitrogens is 4. The fraction of sp³-hybridized carbons (Fsp3) is 0.588. The average molecular weight is 343 g/mol. The highest BCUT2D eigenvalue weighted by atomic mass is 16.8. The van der Waals surface area contributed by atoms with Crippen molar-refractivity contribution < 1.29 is 14.2 Å². The van der Waals surface area contributed by atoms with Gasteiger partial charge in [0.25, 0.3) is 0 Å². The average Bonchev–Trinajstić information content (AvgIpc) is 3.05. The van der Waals surface area contributed by atoms with Crippen molar-refractivity contribution in [1.29, 1.82) is 0 Å². The summed E-state index contributed by atoms with van der Waals surface area (Å²) in [5.74, 6) is 0.118. The molecule has 2 aliphatic heterocycles. The molecule has 2 saturated heterocycles. The van der Waals surface area contributed by atoms with Gasteiger partial charge in [-0.3, -0.25) is 4.57 Å². The van der Waals surface area contributed by atoms with E-state index < -0.39 is 5.79 Å². The molecule has 0 bridgehead atoms. The van der Waals surface area contributed by atoms with Gasteiger partial charge in [-0.1, -0.05) is 6.08 Å². The minimum absolute atomic E-state index is 0.194. The number of ether oxygens (including phenoxy) is 3. The second kappa shape index (κ2) is 5.23. The molecule has 0 amide bonds. The van der Waals surface area contributed by atoms with Crippen LogP contribution >= 0.6 is 0 Å². The molecular formula is C17H21N5O3. The topological polar surface area (TPSA) is 83.3 Å². The summed E-state index contributed by atoms with van der Waals surface area (Å²) in [6, 6.07) is 0.493. The number of imidazole rings is 1. The standard InChI is InChI=1S/C17H21N5O3/c1-4-10-12-13(25-17(2,3)24-12)16(23-10)22-8-20-11-14(21-9-5-6-9)18-7-19-15(11)22/h4,7-10,12-13,16H,1,5-6H2,2-3H3,(H,18,19,21)/t10-,12-,13-,16-/m1/s1. The van der Waals surface area contributed by atoms with Crippen molar-refractivity contribution in [2.75, 3.05) is 5.32 Å². The van der Waals surface area contributed by atoms with Crippen LogP contribution in [0.25, 0.3) is 11.2 Å². The first-order valence-corrected chi connectivity index (χ1v) is 8.63. The molecule has 3 fully saturated rings. The van der Waals surface area contributed by atoms with Crippen LogP contribution in [0.5, 0.6) is 0 Å². The van der Waals surface area contributed by atoms with Crippen molar-refractivity contribution in [2.24, 2.45) is 0 Å². The summed E-state index contributed by atoms with van der Waals surface area (Å²) in [6.07, 6.45) is 6.34. The van der Waals surface area contributed by atoms with E-state index in [1.807, 2.05) is 18.4 Å². The molecule has 8 heteroatoms. The summed E-state index contributed by atoms with van der Waals surface area (Å²) < 4.78 is 20.1. The second-order valence-electron chi connectivity index (χ2n) is 7.26. The maximum Gasteiger partial charge on any atom is 0.167 e. The zero-order valence-electron chi connectivity index (χ0n) is 14.3. The Labute approximate surface area is 145 Å². The van der Waals surface area contributed by atoms with Crippen LogP contribution in [-0.2, 0) is 14.2 Å². The third-order valence-corrected chi connectivity index (χ3v) is 4.85. The maximum absolute atomic E-state index is 6.13. The van der Waals surface area contributed by atoms with Crippen molar-refractivity contribution in [3.63, 3.8) is 0 Å². The first-order valence-electron chi connectivity index (χ1n) is 8.63. The molecule has 2 aromatic heterocycles. The largest absolute Gasteiger partial charge is 0.365 e. The summed E-state index contributed by atoms with van der Waals surface area (Å²) in [4.78, 5) is 13.3. The molecule has 0 radical (unpaired) electrons. The van der Waals surface area contributed by atoms with Crippen LogP contribution in [0, 0.1) is 0 Å². The van der Waals surface area contributed by atoms with E-state index in [2.05, 4.69) is 26.8 Å². The van der Waals surface area contributed by atoms with Gasteiger partial charge in [0.05, 0.1) is 6.33 Å². The molecule has 1 saturated carbocycles. The number of fused-ring (bicyclic) bond motifs is 2. The molecule has 3 aliphatic rings. The lowest BCUT2D eigenvalue weighted by Gasteiger charge is -2.23. The Morgan fingerprint density at radius 1 is 1.24 bits per heavy atom. The van der Waals surface area contributed by atoms with Crippen molar-refractivity contribution in [1.82, 2.24) is 19.5 Å². The minimum Gasteiger partial charge on any atom is -0.365 e. The van der Waals surface area contributed by atoms with Gasteiger partial charge in [-0.15, -0.1) is 6.58 Å². The van der Waals surface area contributed by atoms with Crippen LogP contribution in [0.1, 0.15) is 32.9 Å². The molecule has 0 spiro atoms. The van der Waals surface area contributed by atoms with Gasteiger partial charge >= 0.3 is 0 Å². The fourth-order valence-corrected chi connectivity index (χ4v) is 3.59. The number of hydrogen-bond acceptors (Lipinski definition) is 7. The van der Waals surface area contributed by atoms with Crippen molar-refractivity contribution in [3.05, 3.63) is 25.3 Å². The second-order valence-corrected chi connectivity index (χ2v) is 7.26. The molecule has 0 unspecified atom stereocenters. The lowest BCUT2D eigenvalue weighted by Crippen LogP contribution is -2.27. The fourth-order valence-electron chi connectivity index (χ4n) is 3.59. The highest BCUT2D eigenvalue weighted by Crippen LogP contribution is 2.44. The zero-order chi connectivity index (χ0) is 17.2. The Hall–Kier alpha value is -2.03. The van der Waals surface area contributed by atoms with E-state index in [1.54, 1.807) is 18.7 Å². The Kier molecular flexibility index (Phi) is 3.19. The third kappa shape index (κ3) is 2.44. The smallest absolute Gasteiger partial charge is 0.167 e. The summed E-state index contributed by atoms with van der Waals surface area (Å²) >= 11 is 0. The van der Waals surface area contributed by atoms with Crippen LogP contribution in [0.15, 0.2) is 25.3 Å². The van der Waals surface area contributed by atoms with E-state index in [9.17, 15) is 0 Å². The van der Waals surface area contributed by atoms with Crippen LogP contribution in [0.4, 0.5) is 5.82 Å². The normalized spacial score (nSPS) is 33.5. The minimum atomic E-state index is -0.650. The van der Waals surface area contributed by atoms with Crippen LogP contribution in [0.3, 0.4) is 0 Å². The lowest BCUT2D eigenvalue weighted by molar-refractivity contribution is -0.191. The van der Waals surface area contributed by atoms with E-state index in [4.69, 9.17) is 14.2 Å². The Morgan fingerprint density at radius 2 is 2.04 bits per heavy atom. The molecule has 0 aromatic carbocycles.